The van der Waals surface area contributed by atoms with Gasteiger partial charge < -0.3 is 5.11 Å². The summed E-state index contributed by atoms with van der Waals surface area (Å²) in [7, 11) is -4.67. The fraction of sp³-hybridized carbons (Fsp3) is 0. The van der Waals surface area contributed by atoms with Crippen LogP contribution in [0.5, 0.6) is 5.75 Å². The fourth-order valence-electron chi connectivity index (χ4n) is 2.35. The molecule has 3 rings (SSSR count). The first-order chi connectivity index (χ1) is 12.3. The zero-order valence-corrected chi connectivity index (χ0v) is 13.8. The number of azo groups is 1. The molecule has 0 aromatic heterocycles. The van der Waals surface area contributed by atoms with Crippen LogP contribution in [0.2, 0.25) is 0 Å². The van der Waals surface area contributed by atoms with Crippen LogP contribution in [-0.2, 0) is 10.1 Å². The minimum absolute atomic E-state index is 0.101. The van der Waals surface area contributed by atoms with Crippen LogP contribution in [0.25, 0.3) is 10.8 Å². The number of nitro benzene ring substituents is 1. The van der Waals surface area contributed by atoms with Gasteiger partial charge in [-0.3, -0.25) is 14.7 Å². The van der Waals surface area contributed by atoms with E-state index in [0.29, 0.717) is 11.1 Å². The molecular formula is C16H11N3O6S. The van der Waals surface area contributed by atoms with Crippen LogP contribution < -0.4 is 0 Å². The van der Waals surface area contributed by atoms with E-state index < -0.39 is 25.7 Å². The molecule has 2 N–H and O–H groups in total. The van der Waals surface area contributed by atoms with Gasteiger partial charge in [0, 0.05) is 22.9 Å². The number of fused-ring (bicyclic) bond motifs is 1. The van der Waals surface area contributed by atoms with E-state index in [-0.39, 0.29) is 16.8 Å². The third-order valence-corrected chi connectivity index (χ3v) is 4.44. The normalized spacial score (nSPS) is 11.9. The second kappa shape index (κ2) is 6.50. The van der Waals surface area contributed by atoms with Crippen molar-refractivity contribution in [3.05, 3.63) is 64.7 Å². The second-order valence-electron chi connectivity index (χ2n) is 5.24. The summed E-state index contributed by atoms with van der Waals surface area (Å²) in [6.07, 6.45) is 0. The summed E-state index contributed by atoms with van der Waals surface area (Å²) in [6, 6.07) is 12.6. The van der Waals surface area contributed by atoms with Crippen molar-refractivity contribution in [3.63, 3.8) is 0 Å². The lowest BCUT2D eigenvalue weighted by Crippen LogP contribution is -1.98. The predicted octanol–water partition coefficient (Wildman–Crippen LogP) is 4.12. The molecule has 0 atom stereocenters. The van der Waals surface area contributed by atoms with E-state index in [0.717, 1.165) is 6.07 Å². The van der Waals surface area contributed by atoms with Gasteiger partial charge in [-0.1, -0.05) is 24.3 Å². The van der Waals surface area contributed by atoms with Gasteiger partial charge >= 0.3 is 0 Å². The smallest absolute Gasteiger partial charge is 0.298 e. The highest BCUT2D eigenvalue weighted by molar-refractivity contribution is 7.86. The van der Waals surface area contributed by atoms with Gasteiger partial charge in [0.15, 0.2) is 0 Å². The maximum atomic E-state index is 11.5. The van der Waals surface area contributed by atoms with Gasteiger partial charge in [-0.15, -0.1) is 5.11 Å². The van der Waals surface area contributed by atoms with E-state index in [9.17, 15) is 28.2 Å². The summed E-state index contributed by atoms with van der Waals surface area (Å²) in [5, 5.41) is 29.2. The van der Waals surface area contributed by atoms with Gasteiger partial charge in [0.2, 0.25) is 0 Å². The number of hydrogen-bond acceptors (Lipinski definition) is 7. The van der Waals surface area contributed by atoms with E-state index in [4.69, 9.17) is 0 Å². The Morgan fingerprint density at radius 1 is 0.962 bits per heavy atom. The Kier molecular flexibility index (Phi) is 4.36. The lowest BCUT2D eigenvalue weighted by atomic mass is 10.1. The zero-order chi connectivity index (χ0) is 18.9. The molecule has 0 heterocycles. The van der Waals surface area contributed by atoms with Crippen molar-refractivity contribution in [2.24, 2.45) is 10.2 Å². The van der Waals surface area contributed by atoms with Crippen molar-refractivity contribution in [1.29, 1.82) is 0 Å². The fourth-order valence-corrected chi connectivity index (χ4v) is 2.96. The van der Waals surface area contributed by atoms with Crippen LogP contribution in [0.15, 0.2) is 69.7 Å². The average molecular weight is 373 g/mol. The van der Waals surface area contributed by atoms with Gasteiger partial charge in [-0.2, -0.15) is 13.5 Å². The molecule has 0 radical (unpaired) electrons. The third kappa shape index (κ3) is 3.36. The summed E-state index contributed by atoms with van der Waals surface area (Å²) in [6.45, 7) is 0. The first-order valence-corrected chi connectivity index (χ1v) is 8.60. The molecule has 0 fully saturated rings. The Morgan fingerprint density at radius 2 is 1.58 bits per heavy atom. The van der Waals surface area contributed by atoms with E-state index >= 15 is 0 Å². The van der Waals surface area contributed by atoms with Gasteiger partial charge in [0.25, 0.3) is 15.8 Å². The lowest BCUT2D eigenvalue weighted by molar-refractivity contribution is -0.384. The SMILES string of the molecule is O=[N+]([O-])c1ccc(N=Nc2cc(S(=O)(=O)O)c(O)c3ccccc23)cc1. The number of hydrogen-bond donors (Lipinski definition) is 2. The quantitative estimate of drug-likeness (QED) is 0.305. The minimum Gasteiger partial charge on any atom is -0.506 e. The topological polar surface area (TPSA) is 142 Å². The van der Waals surface area contributed by atoms with Crippen LogP contribution in [0, 0.1) is 10.1 Å². The molecule has 3 aromatic rings. The molecule has 132 valence electrons. The number of nitrogens with zero attached hydrogens (tertiary/aromatic N) is 3. The Bertz CT molecular complexity index is 1140. The van der Waals surface area contributed by atoms with Crippen LogP contribution in [0.4, 0.5) is 17.1 Å². The van der Waals surface area contributed by atoms with Crippen molar-refractivity contribution in [3.8, 4) is 5.75 Å². The van der Waals surface area contributed by atoms with Crippen LogP contribution in [-0.4, -0.2) is 23.0 Å². The van der Waals surface area contributed by atoms with Crippen molar-refractivity contribution in [1.82, 2.24) is 0 Å². The van der Waals surface area contributed by atoms with Crippen LogP contribution in [0.1, 0.15) is 0 Å². The highest BCUT2D eigenvalue weighted by Gasteiger charge is 2.20. The Labute approximate surface area is 147 Å². The standard InChI is InChI=1S/C16H11N3O6S/c20-16-13-4-2-1-3-12(13)14(9-15(16)26(23,24)25)18-17-10-5-7-11(8-6-10)19(21)22/h1-9,20H,(H,23,24,25). The zero-order valence-electron chi connectivity index (χ0n) is 13.0. The van der Waals surface area contributed by atoms with Crippen molar-refractivity contribution in [2.75, 3.05) is 0 Å². The minimum atomic E-state index is -4.67. The molecule has 0 aliphatic heterocycles. The maximum Gasteiger partial charge on any atom is 0.298 e. The molecule has 3 aromatic carbocycles. The summed E-state index contributed by atoms with van der Waals surface area (Å²) in [4.78, 5) is 9.41. The molecule has 0 spiro atoms. The van der Waals surface area contributed by atoms with Crippen LogP contribution in [0.3, 0.4) is 0 Å². The largest absolute Gasteiger partial charge is 0.506 e. The van der Waals surface area contributed by atoms with Gasteiger partial charge in [0.1, 0.15) is 10.6 Å². The number of benzene rings is 3. The van der Waals surface area contributed by atoms with Crippen molar-refractivity contribution in [2.45, 2.75) is 4.90 Å². The van der Waals surface area contributed by atoms with Crippen LogP contribution >= 0.6 is 0 Å². The molecule has 0 saturated heterocycles. The number of non-ortho nitro benzene ring substituents is 1. The first-order valence-electron chi connectivity index (χ1n) is 7.16. The molecular weight excluding hydrogens is 362 g/mol. The van der Waals surface area contributed by atoms with Gasteiger partial charge in [0.05, 0.1) is 16.3 Å². The molecule has 26 heavy (non-hydrogen) atoms. The van der Waals surface area contributed by atoms with Crippen molar-refractivity contribution >= 4 is 38.0 Å². The van der Waals surface area contributed by atoms with E-state index in [1.165, 1.54) is 30.3 Å². The van der Waals surface area contributed by atoms with E-state index in [1.54, 1.807) is 18.2 Å². The predicted molar refractivity (Wildman–Crippen MR) is 92.7 cm³/mol. The summed E-state index contributed by atoms with van der Waals surface area (Å²) in [5.74, 6) is -0.586. The molecule has 10 heteroatoms. The Morgan fingerprint density at radius 3 is 2.15 bits per heavy atom. The van der Waals surface area contributed by atoms with Crippen molar-refractivity contribution < 1.29 is 23.0 Å². The summed E-state index contributed by atoms with van der Waals surface area (Å²) < 4.78 is 32.3. The maximum absolute atomic E-state index is 11.5. The highest BCUT2D eigenvalue weighted by Crippen LogP contribution is 2.38. The second-order valence-corrected chi connectivity index (χ2v) is 6.63. The van der Waals surface area contributed by atoms with E-state index in [1.807, 2.05) is 0 Å². The molecule has 0 bridgehead atoms. The summed E-state index contributed by atoms with van der Waals surface area (Å²) >= 11 is 0. The molecule has 0 aliphatic rings. The van der Waals surface area contributed by atoms with Gasteiger partial charge in [-0.25, -0.2) is 0 Å². The molecule has 0 amide bonds. The number of rotatable bonds is 4. The molecule has 0 saturated carbocycles. The first kappa shape index (κ1) is 17.5. The molecule has 9 nitrogen and oxygen atoms in total. The lowest BCUT2D eigenvalue weighted by Gasteiger charge is -2.08. The highest BCUT2D eigenvalue weighted by atomic mass is 32.2. The number of phenolic OH excluding ortho intramolecular Hbond substituents is 1. The number of nitro groups is 1. The third-order valence-electron chi connectivity index (χ3n) is 3.57. The summed E-state index contributed by atoms with van der Waals surface area (Å²) in [5.41, 5.74) is 0.304. The Balaban J connectivity index is 2.12. The molecule has 0 aliphatic carbocycles. The Hall–Kier alpha value is -3.37. The molecule has 0 unspecified atom stereocenters. The monoisotopic (exact) mass is 373 g/mol. The average Bonchev–Trinajstić information content (AvgIpc) is 2.60. The number of aromatic hydroxyl groups is 1. The number of phenols is 1. The van der Waals surface area contributed by atoms with E-state index in [2.05, 4.69) is 10.2 Å². The van der Waals surface area contributed by atoms with Gasteiger partial charge in [-0.05, 0) is 18.2 Å².